The first-order valence-electron chi connectivity index (χ1n) is 10.6. The molecule has 30 heavy (non-hydrogen) atoms. The molecule has 0 bridgehead atoms. The molecule has 0 radical (unpaired) electrons. The molecular formula is C24H32O6. The summed E-state index contributed by atoms with van der Waals surface area (Å²) in [5, 5.41) is 0. The standard InChI is InChI=1S/C24H32O6/c1-5-6-7-8-9-10-21-24(3,15-20(23(27)30-21)22(26)17(2)25)29-16-18-11-13-19(28-4)14-12-18/h11-15,21H,5-10,16H2,1-4H3/t21-,24-/m1/s1. The molecular weight excluding hydrogens is 384 g/mol. The van der Waals surface area contributed by atoms with E-state index in [-0.39, 0.29) is 12.2 Å². The highest BCUT2D eigenvalue weighted by Crippen LogP contribution is 2.33. The fourth-order valence-corrected chi connectivity index (χ4v) is 3.47. The van der Waals surface area contributed by atoms with Crippen molar-refractivity contribution < 1.29 is 28.6 Å². The van der Waals surface area contributed by atoms with E-state index < -0.39 is 29.2 Å². The molecule has 0 N–H and O–H groups in total. The number of ketones is 2. The highest BCUT2D eigenvalue weighted by Gasteiger charge is 2.43. The average molecular weight is 417 g/mol. The van der Waals surface area contributed by atoms with Crippen LogP contribution in [0.4, 0.5) is 0 Å². The molecule has 0 unspecified atom stereocenters. The van der Waals surface area contributed by atoms with Crippen molar-refractivity contribution in [3.63, 3.8) is 0 Å². The van der Waals surface area contributed by atoms with Crippen LogP contribution < -0.4 is 4.74 Å². The maximum atomic E-state index is 12.4. The Hall–Kier alpha value is -2.47. The van der Waals surface area contributed by atoms with Gasteiger partial charge in [-0.3, -0.25) is 9.59 Å². The molecule has 0 fully saturated rings. The molecule has 0 aromatic heterocycles. The van der Waals surface area contributed by atoms with Gasteiger partial charge in [-0.25, -0.2) is 4.79 Å². The first-order valence-corrected chi connectivity index (χ1v) is 10.6. The Balaban J connectivity index is 2.18. The van der Waals surface area contributed by atoms with Crippen molar-refractivity contribution in [2.75, 3.05) is 7.11 Å². The van der Waals surface area contributed by atoms with Crippen molar-refractivity contribution in [2.24, 2.45) is 0 Å². The van der Waals surface area contributed by atoms with Crippen LogP contribution in [-0.2, 0) is 30.5 Å². The molecule has 0 amide bonds. The lowest BCUT2D eigenvalue weighted by molar-refractivity contribution is -0.168. The summed E-state index contributed by atoms with van der Waals surface area (Å²) in [6.07, 6.45) is 6.98. The summed E-state index contributed by atoms with van der Waals surface area (Å²) in [5.74, 6) is -1.55. The zero-order valence-corrected chi connectivity index (χ0v) is 18.4. The Morgan fingerprint density at radius 1 is 1.10 bits per heavy atom. The van der Waals surface area contributed by atoms with Gasteiger partial charge in [0.15, 0.2) is 0 Å². The first-order chi connectivity index (χ1) is 14.3. The molecule has 2 atom stereocenters. The summed E-state index contributed by atoms with van der Waals surface area (Å²) in [6, 6.07) is 7.46. The van der Waals surface area contributed by atoms with Crippen molar-refractivity contribution in [3.05, 3.63) is 41.5 Å². The molecule has 1 aliphatic heterocycles. The van der Waals surface area contributed by atoms with Crippen LogP contribution in [0.2, 0.25) is 0 Å². The average Bonchev–Trinajstić information content (AvgIpc) is 2.74. The monoisotopic (exact) mass is 416 g/mol. The van der Waals surface area contributed by atoms with E-state index in [1.807, 2.05) is 24.3 Å². The third-order valence-electron chi connectivity index (χ3n) is 5.38. The number of unbranched alkanes of at least 4 members (excludes halogenated alkanes) is 4. The molecule has 0 spiro atoms. The first kappa shape index (κ1) is 23.8. The largest absolute Gasteiger partial charge is 0.497 e. The summed E-state index contributed by atoms with van der Waals surface area (Å²) in [4.78, 5) is 36.1. The van der Waals surface area contributed by atoms with E-state index in [1.54, 1.807) is 14.0 Å². The predicted octanol–water partition coefficient (Wildman–Crippen LogP) is 4.34. The van der Waals surface area contributed by atoms with E-state index in [4.69, 9.17) is 14.2 Å². The Morgan fingerprint density at radius 3 is 2.37 bits per heavy atom. The number of carbonyl (C=O) groups excluding carboxylic acids is 3. The van der Waals surface area contributed by atoms with Gasteiger partial charge in [0.2, 0.25) is 11.6 Å². The van der Waals surface area contributed by atoms with Gasteiger partial charge in [0.25, 0.3) is 0 Å². The Morgan fingerprint density at radius 2 is 1.77 bits per heavy atom. The topological polar surface area (TPSA) is 78.9 Å². The Labute approximate surface area is 178 Å². The smallest absolute Gasteiger partial charge is 0.342 e. The number of methoxy groups -OCH3 is 1. The number of hydrogen-bond acceptors (Lipinski definition) is 6. The van der Waals surface area contributed by atoms with Gasteiger partial charge < -0.3 is 14.2 Å². The fraction of sp³-hybridized carbons (Fsp3) is 0.542. The summed E-state index contributed by atoms with van der Waals surface area (Å²) in [5.41, 5.74) is -0.329. The van der Waals surface area contributed by atoms with Crippen LogP contribution in [0.15, 0.2) is 35.9 Å². The molecule has 6 nitrogen and oxygen atoms in total. The molecule has 0 saturated heterocycles. The number of ether oxygens (including phenoxy) is 3. The zero-order chi connectivity index (χ0) is 22.1. The van der Waals surface area contributed by atoms with Gasteiger partial charge in [-0.1, -0.05) is 44.7 Å². The third kappa shape index (κ3) is 6.26. The molecule has 1 aromatic carbocycles. The number of esters is 1. The second kappa shape index (κ2) is 11.1. The lowest BCUT2D eigenvalue weighted by Crippen LogP contribution is -2.48. The van der Waals surface area contributed by atoms with E-state index in [2.05, 4.69) is 6.92 Å². The normalized spacial score (nSPS) is 21.0. The van der Waals surface area contributed by atoms with Crippen LogP contribution in [0.25, 0.3) is 0 Å². The van der Waals surface area contributed by atoms with Gasteiger partial charge in [0.05, 0.1) is 13.7 Å². The second-order valence-corrected chi connectivity index (χ2v) is 7.86. The van der Waals surface area contributed by atoms with Crippen molar-refractivity contribution in [1.82, 2.24) is 0 Å². The molecule has 1 aromatic rings. The third-order valence-corrected chi connectivity index (χ3v) is 5.38. The molecule has 164 valence electrons. The van der Waals surface area contributed by atoms with E-state index in [1.165, 1.54) is 12.5 Å². The van der Waals surface area contributed by atoms with Crippen LogP contribution in [0.1, 0.15) is 64.9 Å². The van der Waals surface area contributed by atoms with Crippen LogP contribution in [-0.4, -0.2) is 36.4 Å². The van der Waals surface area contributed by atoms with E-state index in [0.717, 1.165) is 43.9 Å². The van der Waals surface area contributed by atoms with Crippen LogP contribution in [0.5, 0.6) is 5.75 Å². The van der Waals surface area contributed by atoms with Crippen LogP contribution in [0.3, 0.4) is 0 Å². The highest BCUT2D eigenvalue weighted by atomic mass is 16.6. The number of carbonyl (C=O) groups is 3. The van der Waals surface area contributed by atoms with Crippen LogP contribution >= 0.6 is 0 Å². The van der Waals surface area contributed by atoms with Gasteiger partial charge in [-0.05, 0) is 43.5 Å². The van der Waals surface area contributed by atoms with E-state index in [0.29, 0.717) is 6.42 Å². The Kier molecular flexibility index (Phi) is 8.78. The van der Waals surface area contributed by atoms with Crippen LogP contribution in [0, 0.1) is 0 Å². The fourth-order valence-electron chi connectivity index (χ4n) is 3.47. The van der Waals surface area contributed by atoms with Crippen molar-refractivity contribution in [3.8, 4) is 5.75 Å². The van der Waals surface area contributed by atoms with Crippen molar-refractivity contribution in [2.45, 2.75) is 77.6 Å². The summed E-state index contributed by atoms with van der Waals surface area (Å²) >= 11 is 0. The van der Waals surface area contributed by atoms with Gasteiger partial charge in [-0.15, -0.1) is 0 Å². The number of rotatable bonds is 12. The van der Waals surface area contributed by atoms with Crippen molar-refractivity contribution >= 4 is 17.5 Å². The van der Waals surface area contributed by atoms with E-state index in [9.17, 15) is 14.4 Å². The second-order valence-electron chi connectivity index (χ2n) is 7.86. The maximum Gasteiger partial charge on any atom is 0.342 e. The summed E-state index contributed by atoms with van der Waals surface area (Å²) in [6.45, 7) is 5.37. The Bertz CT molecular complexity index is 779. The van der Waals surface area contributed by atoms with E-state index >= 15 is 0 Å². The minimum atomic E-state index is -1.00. The minimum absolute atomic E-state index is 0.248. The summed E-state index contributed by atoms with van der Waals surface area (Å²) in [7, 11) is 1.60. The SMILES string of the molecule is CCCCCCC[C@H]1OC(=O)C(C(=O)C(C)=O)=C[C@@]1(C)OCc1ccc(OC)cc1. The van der Waals surface area contributed by atoms with Gasteiger partial charge in [0.1, 0.15) is 23.0 Å². The molecule has 0 saturated carbocycles. The number of cyclic esters (lactones) is 1. The summed E-state index contributed by atoms with van der Waals surface area (Å²) < 4.78 is 16.9. The number of benzene rings is 1. The number of hydrogen-bond donors (Lipinski definition) is 0. The lowest BCUT2D eigenvalue weighted by atomic mass is 9.87. The molecule has 1 heterocycles. The zero-order valence-electron chi connectivity index (χ0n) is 18.4. The minimum Gasteiger partial charge on any atom is -0.497 e. The molecule has 1 aliphatic rings. The number of Topliss-reactive ketones (excluding diaryl/α,β-unsaturated/α-hetero) is 2. The molecule has 2 rings (SSSR count). The quantitative estimate of drug-likeness (QED) is 0.218. The van der Waals surface area contributed by atoms with Gasteiger partial charge in [0, 0.05) is 6.92 Å². The molecule has 6 heteroatoms. The highest BCUT2D eigenvalue weighted by molar-refractivity contribution is 6.48. The van der Waals surface area contributed by atoms with Crippen molar-refractivity contribution in [1.29, 1.82) is 0 Å². The van der Waals surface area contributed by atoms with Gasteiger partial charge >= 0.3 is 5.97 Å². The lowest BCUT2D eigenvalue weighted by Gasteiger charge is -2.38. The maximum absolute atomic E-state index is 12.4. The molecule has 0 aliphatic carbocycles. The predicted molar refractivity (Wildman–Crippen MR) is 113 cm³/mol. The van der Waals surface area contributed by atoms with Gasteiger partial charge in [-0.2, -0.15) is 0 Å².